The second kappa shape index (κ2) is 46.3. The van der Waals surface area contributed by atoms with Crippen molar-refractivity contribution in [2.75, 3.05) is 13.2 Å². The number of carbonyl (C=O) groups is 3. The van der Waals surface area contributed by atoms with Crippen LogP contribution in [0.3, 0.4) is 0 Å². The van der Waals surface area contributed by atoms with E-state index in [1.807, 2.05) is 0 Å². The molecule has 6 heteroatoms. The van der Waals surface area contributed by atoms with Crippen molar-refractivity contribution in [3.8, 4) is 0 Å². The number of unbranched alkanes of at least 4 members (excludes halogenated alkanes) is 27. The Morgan fingerprint density at radius 3 is 1.05 bits per heavy atom. The van der Waals surface area contributed by atoms with Crippen molar-refractivity contribution < 1.29 is 28.6 Å². The van der Waals surface area contributed by atoms with Crippen molar-refractivity contribution in [3.63, 3.8) is 0 Å². The quantitative estimate of drug-likeness (QED) is 0.0264. The number of hydrogen-bond acceptors (Lipinski definition) is 6. The van der Waals surface area contributed by atoms with Crippen molar-refractivity contribution in [2.24, 2.45) is 0 Å². The maximum Gasteiger partial charge on any atom is 0.306 e. The number of ether oxygens (including phenoxy) is 3. The first-order chi connectivity index (χ1) is 28.0. The van der Waals surface area contributed by atoms with Gasteiger partial charge in [0.15, 0.2) is 6.10 Å². The standard InChI is InChI=1S/C51H92O6/c1-4-7-10-13-16-19-22-25-27-29-32-35-38-41-44-50(53)56-47-48(46-55-49(52)43-40-37-34-31-28-24-21-18-15-12-9-6-3)57-51(54)45-42-39-36-33-30-26-23-20-17-14-11-8-5-2/h11,14,20,22-23,25,48H,4-10,12-13,15-19,21,24,26-47H2,1-3H3/b14-11-,23-20-,25-22-. The Hall–Kier alpha value is -2.37. The highest BCUT2D eigenvalue weighted by atomic mass is 16.6. The van der Waals surface area contributed by atoms with Gasteiger partial charge in [-0.2, -0.15) is 0 Å². The minimum absolute atomic E-state index is 0.0780. The Labute approximate surface area is 353 Å². The average molecular weight is 801 g/mol. The molecule has 0 fully saturated rings. The van der Waals surface area contributed by atoms with Crippen LogP contribution in [0.1, 0.15) is 252 Å². The normalized spacial score (nSPS) is 12.3. The molecule has 0 aliphatic carbocycles. The van der Waals surface area contributed by atoms with Gasteiger partial charge in [-0.1, -0.05) is 198 Å². The first-order valence-electron chi connectivity index (χ1n) is 24.5. The summed E-state index contributed by atoms with van der Waals surface area (Å²) in [7, 11) is 0. The zero-order chi connectivity index (χ0) is 41.5. The summed E-state index contributed by atoms with van der Waals surface area (Å²) >= 11 is 0. The van der Waals surface area contributed by atoms with Gasteiger partial charge in [0.2, 0.25) is 0 Å². The van der Waals surface area contributed by atoms with Crippen LogP contribution in [0.2, 0.25) is 0 Å². The molecule has 0 aliphatic rings. The number of esters is 3. The Morgan fingerprint density at radius 1 is 0.351 bits per heavy atom. The third kappa shape index (κ3) is 44.6. The minimum Gasteiger partial charge on any atom is -0.462 e. The van der Waals surface area contributed by atoms with E-state index in [0.29, 0.717) is 19.3 Å². The summed E-state index contributed by atoms with van der Waals surface area (Å²) < 4.78 is 16.7. The van der Waals surface area contributed by atoms with E-state index in [4.69, 9.17) is 14.2 Å². The Bertz CT molecular complexity index is 969. The van der Waals surface area contributed by atoms with Crippen LogP contribution < -0.4 is 0 Å². The molecule has 57 heavy (non-hydrogen) atoms. The molecule has 0 amide bonds. The molecule has 332 valence electrons. The third-order valence-electron chi connectivity index (χ3n) is 10.6. The van der Waals surface area contributed by atoms with E-state index in [1.54, 1.807) is 0 Å². The van der Waals surface area contributed by atoms with E-state index < -0.39 is 6.10 Å². The fourth-order valence-corrected chi connectivity index (χ4v) is 6.89. The summed E-state index contributed by atoms with van der Waals surface area (Å²) in [5.74, 6) is -0.896. The number of allylic oxidation sites excluding steroid dienone is 6. The summed E-state index contributed by atoms with van der Waals surface area (Å²) in [6.07, 6.45) is 52.6. The first kappa shape index (κ1) is 54.6. The lowest BCUT2D eigenvalue weighted by atomic mass is 10.0. The molecule has 0 aromatic heterocycles. The maximum atomic E-state index is 12.7. The number of hydrogen-bond donors (Lipinski definition) is 0. The van der Waals surface area contributed by atoms with Crippen molar-refractivity contribution in [1.82, 2.24) is 0 Å². The Balaban J connectivity index is 4.39. The van der Waals surface area contributed by atoms with Crippen molar-refractivity contribution in [1.29, 1.82) is 0 Å². The second-order valence-corrected chi connectivity index (χ2v) is 16.4. The molecule has 1 atom stereocenters. The lowest BCUT2D eigenvalue weighted by molar-refractivity contribution is -0.167. The van der Waals surface area contributed by atoms with Crippen LogP contribution in [-0.4, -0.2) is 37.2 Å². The molecular weight excluding hydrogens is 709 g/mol. The lowest BCUT2D eigenvalue weighted by Crippen LogP contribution is -2.30. The van der Waals surface area contributed by atoms with Gasteiger partial charge < -0.3 is 14.2 Å². The molecule has 0 bridgehead atoms. The topological polar surface area (TPSA) is 78.9 Å². The SMILES string of the molecule is CCC/C=C\C/C=C\CCCCCCCC(=O)OC(COC(=O)CCCCCCC/C=C\CCCCCCC)COC(=O)CCCCCCCCCCCCCC. The molecule has 0 saturated carbocycles. The van der Waals surface area contributed by atoms with Gasteiger partial charge >= 0.3 is 17.9 Å². The van der Waals surface area contributed by atoms with Crippen LogP contribution in [-0.2, 0) is 28.6 Å². The van der Waals surface area contributed by atoms with E-state index in [2.05, 4.69) is 57.2 Å². The highest BCUT2D eigenvalue weighted by Gasteiger charge is 2.19. The van der Waals surface area contributed by atoms with Gasteiger partial charge in [-0.25, -0.2) is 0 Å². The van der Waals surface area contributed by atoms with Crippen LogP contribution in [0.5, 0.6) is 0 Å². The highest BCUT2D eigenvalue weighted by molar-refractivity contribution is 5.71. The van der Waals surface area contributed by atoms with Gasteiger partial charge in [0.1, 0.15) is 13.2 Å². The zero-order valence-corrected chi connectivity index (χ0v) is 37.9. The van der Waals surface area contributed by atoms with Crippen molar-refractivity contribution >= 4 is 17.9 Å². The zero-order valence-electron chi connectivity index (χ0n) is 37.9. The lowest BCUT2D eigenvalue weighted by Gasteiger charge is -2.18. The van der Waals surface area contributed by atoms with Crippen LogP contribution in [0, 0.1) is 0 Å². The Morgan fingerprint density at radius 2 is 0.667 bits per heavy atom. The first-order valence-corrected chi connectivity index (χ1v) is 24.5. The van der Waals surface area contributed by atoms with Gasteiger partial charge in [0.05, 0.1) is 0 Å². The predicted molar refractivity (Wildman–Crippen MR) is 242 cm³/mol. The smallest absolute Gasteiger partial charge is 0.306 e. The van der Waals surface area contributed by atoms with Crippen molar-refractivity contribution in [2.45, 2.75) is 258 Å². The second-order valence-electron chi connectivity index (χ2n) is 16.4. The van der Waals surface area contributed by atoms with Gasteiger partial charge in [-0.15, -0.1) is 0 Å². The minimum atomic E-state index is -0.777. The summed E-state index contributed by atoms with van der Waals surface area (Å²) in [6, 6.07) is 0. The molecule has 1 unspecified atom stereocenters. The molecule has 0 rings (SSSR count). The van der Waals surface area contributed by atoms with Gasteiger partial charge in [0.25, 0.3) is 0 Å². The third-order valence-corrected chi connectivity index (χ3v) is 10.6. The molecule has 0 saturated heterocycles. The highest BCUT2D eigenvalue weighted by Crippen LogP contribution is 2.15. The number of rotatable bonds is 44. The van der Waals surface area contributed by atoms with Crippen LogP contribution in [0.4, 0.5) is 0 Å². The van der Waals surface area contributed by atoms with E-state index in [0.717, 1.165) is 96.3 Å². The maximum absolute atomic E-state index is 12.7. The summed E-state index contributed by atoms with van der Waals surface area (Å²) in [5, 5.41) is 0. The Kier molecular flexibility index (Phi) is 44.4. The van der Waals surface area contributed by atoms with E-state index >= 15 is 0 Å². The monoisotopic (exact) mass is 801 g/mol. The van der Waals surface area contributed by atoms with E-state index in [1.165, 1.54) is 116 Å². The largest absolute Gasteiger partial charge is 0.462 e. The van der Waals surface area contributed by atoms with Crippen LogP contribution >= 0.6 is 0 Å². The number of carbonyl (C=O) groups excluding carboxylic acids is 3. The molecule has 0 aromatic rings. The van der Waals surface area contributed by atoms with Crippen molar-refractivity contribution in [3.05, 3.63) is 36.5 Å². The molecule has 0 N–H and O–H groups in total. The summed E-state index contributed by atoms with van der Waals surface area (Å²) in [5.41, 5.74) is 0. The molecular formula is C51H92O6. The molecule has 0 radical (unpaired) electrons. The molecule has 0 heterocycles. The van der Waals surface area contributed by atoms with E-state index in [-0.39, 0.29) is 31.1 Å². The summed E-state index contributed by atoms with van der Waals surface area (Å²) in [4.78, 5) is 37.8. The van der Waals surface area contributed by atoms with Crippen LogP contribution in [0.25, 0.3) is 0 Å². The fraction of sp³-hybridized carbons (Fsp3) is 0.824. The van der Waals surface area contributed by atoms with E-state index in [9.17, 15) is 14.4 Å². The van der Waals surface area contributed by atoms with Crippen LogP contribution in [0.15, 0.2) is 36.5 Å². The molecule has 6 nitrogen and oxygen atoms in total. The molecule has 0 spiro atoms. The average Bonchev–Trinajstić information content (AvgIpc) is 3.21. The van der Waals surface area contributed by atoms with Gasteiger partial charge in [-0.05, 0) is 70.6 Å². The fourth-order valence-electron chi connectivity index (χ4n) is 6.89. The predicted octanol–water partition coefficient (Wildman–Crippen LogP) is 15.8. The molecule has 0 aliphatic heterocycles. The summed E-state index contributed by atoms with van der Waals surface area (Å²) in [6.45, 7) is 6.55. The van der Waals surface area contributed by atoms with Gasteiger partial charge in [-0.3, -0.25) is 14.4 Å². The van der Waals surface area contributed by atoms with Gasteiger partial charge in [0, 0.05) is 19.3 Å². The molecule has 0 aromatic carbocycles.